The van der Waals surface area contributed by atoms with Crippen LogP contribution in [0.5, 0.6) is 0 Å². The fourth-order valence-electron chi connectivity index (χ4n) is 1.79. The van der Waals surface area contributed by atoms with Crippen LogP contribution in [-0.4, -0.2) is 25.6 Å². The first kappa shape index (κ1) is 14.5. The van der Waals surface area contributed by atoms with E-state index in [1.54, 1.807) is 0 Å². The van der Waals surface area contributed by atoms with Gasteiger partial charge in [-0.2, -0.15) is 0 Å². The number of amides is 1. The molecule has 0 atom stereocenters. The molecule has 0 spiro atoms. The largest absolute Gasteiger partial charge is 0.320 e. The number of rotatable bonds is 1. The topological polar surface area (TPSA) is 80.5 Å². The second kappa shape index (κ2) is 4.58. The summed E-state index contributed by atoms with van der Waals surface area (Å²) in [5.74, 6) is 3.74. The molecule has 1 saturated heterocycles. The Balaban J connectivity index is 2.42. The number of nitrogens with zero attached hydrogens (tertiary/aromatic N) is 1. The van der Waals surface area contributed by atoms with E-state index in [4.69, 9.17) is 5.73 Å². The molecule has 0 aromatic heterocycles. The molecule has 1 aromatic rings. The van der Waals surface area contributed by atoms with Gasteiger partial charge in [-0.15, -0.1) is 0 Å². The molecule has 0 saturated carbocycles. The molecule has 5 nitrogen and oxygen atoms in total. The number of hydrogen-bond acceptors (Lipinski definition) is 4. The highest BCUT2D eigenvalue weighted by Crippen LogP contribution is 2.39. The highest BCUT2D eigenvalue weighted by Gasteiger charge is 2.60. The Hall–Kier alpha value is -1.91. The number of carbonyl (C=O) groups excluding carboxylic acids is 1. The average Bonchev–Trinajstić information content (AvgIpc) is 2.37. The van der Waals surface area contributed by atoms with Crippen molar-refractivity contribution in [1.29, 1.82) is 0 Å². The fraction of sp³-hybridized carbons (Fsp3) is 0.308. The summed E-state index contributed by atoms with van der Waals surface area (Å²) in [6.45, 7) is 2.73. The molecule has 0 radical (unpaired) electrons. The van der Waals surface area contributed by atoms with Crippen LogP contribution < -0.4 is 10.0 Å². The summed E-state index contributed by atoms with van der Waals surface area (Å²) in [7, 11) is -3.79. The average molecular weight is 296 g/mol. The van der Waals surface area contributed by atoms with Crippen molar-refractivity contribution in [1.82, 2.24) is 0 Å². The standard InChI is InChI=1S/C13H13FN2O3S/c1-13(2)12(17)16(20(13,18)19)10-6-5-9(4-3-7-15)11(14)8-10/h5-6,8H,7,15H2,1-2H3. The first-order valence-corrected chi connectivity index (χ1v) is 7.25. The Labute approximate surface area is 116 Å². The molecule has 7 heteroatoms. The molecule has 1 amide bonds. The monoisotopic (exact) mass is 296 g/mol. The van der Waals surface area contributed by atoms with Gasteiger partial charge in [-0.1, -0.05) is 11.8 Å². The van der Waals surface area contributed by atoms with Gasteiger partial charge in [0.05, 0.1) is 17.8 Å². The zero-order valence-electron chi connectivity index (χ0n) is 11.0. The number of anilines is 1. The molecule has 1 aliphatic heterocycles. The summed E-state index contributed by atoms with van der Waals surface area (Å²) in [4.78, 5) is 11.8. The first-order valence-electron chi connectivity index (χ1n) is 5.81. The Morgan fingerprint density at radius 1 is 1.40 bits per heavy atom. The molecule has 0 aliphatic carbocycles. The summed E-state index contributed by atoms with van der Waals surface area (Å²) in [5, 5.41) is 0. The second-order valence-corrected chi connectivity index (χ2v) is 7.09. The van der Waals surface area contributed by atoms with E-state index in [2.05, 4.69) is 11.8 Å². The van der Waals surface area contributed by atoms with Gasteiger partial charge in [0.25, 0.3) is 15.9 Å². The maximum absolute atomic E-state index is 13.8. The third kappa shape index (κ3) is 1.88. The van der Waals surface area contributed by atoms with Gasteiger partial charge in [-0.05, 0) is 26.0 Å². The van der Waals surface area contributed by atoms with Crippen LogP contribution in [0, 0.1) is 17.7 Å². The molecule has 1 heterocycles. The lowest BCUT2D eigenvalue weighted by molar-refractivity contribution is -0.120. The minimum absolute atomic E-state index is 0.0230. The van der Waals surface area contributed by atoms with Crippen LogP contribution in [0.1, 0.15) is 19.4 Å². The quantitative estimate of drug-likeness (QED) is 0.769. The van der Waals surface area contributed by atoms with E-state index in [0.717, 1.165) is 6.07 Å². The van der Waals surface area contributed by atoms with Gasteiger partial charge >= 0.3 is 0 Å². The smallest absolute Gasteiger partial charge is 0.263 e. The van der Waals surface area contributed by atoms with E-state index in [1.165, 1.54) is 26.0 Å². The normalized spacial score (nSPS) is 19.0. The molecular weight excluding hydrogens is 283 g/mol. The molecule has 0 unspecified atom stereocenters. The van der Waals surface area contributed by atoms with Crippen LogP contribution in [0.25, 0.3) is 0 Å². The molecular formula is C13H13FN2O3S. The number of benzene rings is 1. The van der Waals surface area contributed by atoms with E-state index >= 15 is 0 Å². The molecule has 2 N–H and O–H groups in total. The summed E-state index contributed by atoms with van der Waals surface area (Å²) in [5.41, 5.74) is 5.27. The van der Waals surface area contributed by atoms with Crippen LogP contribution in [-0.2, 0) is 14.8 Å². The van der Waals surface area contributed by atoms with Crippen molar-refractivity contribution in [2.24, 2.45) is 5.73 Å². The maximum atomic E-state index is 13.8. The van der Waals surface area contributed by atoms with Gasteiger partial charge in [0.2, 0.25) is 0 Å². The first-order chi connectivity index (χ1) is 9.23. The van der Waals surface area contributed by atoms with Crippen molar-refractivity contribution in [3.63, 3.8) is 0 Å². The van der Waals surface area contributed by atoms with Gasteiger partial charge < -0.3 is 5.73 Å². The van der Waals surface area contributed by atoms with Crippen molar-refractivity contribution in [2.75, 3.05) is 10.8 Å². The zero-order chi connectivity index (χ0) is 15.1. The molecule has 2 rings (SSSR count). The molecule has 20 heavy (non-hydrogen) atoms. The summed E-state index contributed by atoms with van der Waals surface area (Å²) in [6, 6.07) is 3.64. The summed E-state index contributed by atoms with van der Waals surface area (Å²) in [6.07, 6.45) is 0. The van der Waals surface area contributed by atoms with Gasteiger partial charge in [0.1, 0.15) is 5.82 Å². The van der Waals surface area contributed by atoms with Crippen molar-refractivity contribution in [3.8, 4) is 11.8 Å². The molecule has 1 fully saturated rings. The van der Waals surface area contributed by atoms with Crippen molar-refractivity contribution < 1.29 is 17.6 Å². The lowest BCUT2D eigenvalue weighted by atomic mass is 10.1. The van der Waals surface area contributed by atoms with Crippen LogP contribution in [0.2, 0.25) is 0 Å². The van der Waals surface area contributed by atoms with E-state index in [9.17, 15) is 17.6 Å². The van der Waals surface area contributed by atoms with E-state index < -0.39 is 26.5 Å². The number of sulfonamides is 1. The number of nitrogens with two attached hydrogens (primary N) is 1. The minimum Gasteiger partial charge on any atom is -0.320 e. The van der Waals surface area contributed by atoms with Gasteiger partial charge in [-0.25, -0.2) is 17.1 Å². The van der Waals surface area contributed by atoms with E-state index in [-0.39, 0.29) is 17.8 Å². The van der Waals surface area contributed by atoms with Crippen LogP contribution in [0.4, 0.5) is 10.1 Å². The van der Waals surface area contributed by atoms with E-state index in [1.807, 2.05) is 0 Å². The third-order valence-corrected chi connectivity index (χ3v) is 5.42. The van der Waals surface area contributed by atoms with Crippen LogP contribution in [0.15, 0.2) is 18.2 Å². The van der Waals surface area contributed by atoms with Crippen LogP contribution in [0.3, 0.4) is 0 Å². The zero-order valence-corrected chi connectivity index (χ0v) is 11.8. The Kier molecular flexibility index (Phi) is 3.32. The van der Waals surface area contributed by atoms with Crippen molar-refractivity contribution in [3.05, 3.63) is 29.6 Å². The Bertz CT molecular complexity index is 745. The Morgan fingerprint density at radius 2 is 2.05 bits per heavy atom. The molecule has 1 aromatic carbocycles. The van der Waals surface area contributed by atoms with E-state index in [0.29, 0.717) is 4.31 Å². The minimum atomic E-state index is -3.79. The van der Waals surface area contributed by atoms with Gasteiger partial charge in [0, 0.05) is 6.07 Å². The number of hydrogen-bond donors (Lipinski definition) is 1. The second-order valence-electron chi connectivity index (χ2n) is 4.75. The van der Waals surface area contributed by atoms with Gasteiger partial charge in [0.15, 0.2) is 4.75 Å². The maximum Gasteiger partial charge on any atom is 0.263 e. The number of halogens is 1. The van der Waals surface area contributed by atoms with Crippen molar-refractivity contribution >= 4 is 21.6 Å². The third-order valence-electron chi connectivity index (χ3n) is 3.10. The lowest BCUT2D eigenvalue weighted by Crippen LogP contribution is -2.67. The highest BCUT2D eigenvalue weighted by atomic mass is 32.2. The lowest BCUT2D eigenvalue weighted by Gasteiger charge is -2.42. The van der Waals surface area contributed by atoms with Crippen molar-refractivity contribution in [2.45, 2.75) is 18.6 Å². The van der Waals surface area contributed by atoms with Crippen LogP contribution >= 0.6 is 0 Å². The predicted molar refractivity (Wildman–Crippen MR) is 72.8 cm³/mol. The SMILES string of the molecule is CC1(C)C(=O)N(c2ccc(C#CCN)c(F)c2)S1(=O)=O. The predicted octanol–water partition coefficient (Wildman–Crippen LogP) is 0.591. The summed E-state index contributed by atoms with van der Waals surface area (Å²) >= 11 is 0. The molecule has 106 valence electrons. The molecule has 0 bridgehead atoms. The summed E-state index contributed by atoms with van der Waals surface area (Å²) < 4.78 is 36.9. The Morgan fingerprint density at radius 3 is 2.55 bits per heavy atom. The number of carbonyl (C=O) groups is 1. The fourth-order valence-corrected chi connectivity index (χ4v) is 3.26. The molecule has 1 aliphatic rings. The van der Waals surface area contributed by atoms with Gasteiger partial charge in [-0.3, -0.25) is 4.79 Å². The highest BCUT2D eigenvalue weighted by molar-refractivity contribution is 7.98.